The highest BCUT2D eigenvalue weighted by molar-refractivity contribution is 7.99. The zero-order chi connectivity index (χ0) is 10.7. The highest BCUT2D eigenvalue weighted by Gasteiger charge is 2.01. The number of nitrogens with zero attached hydrogens (tertiary/aromatic N) is 3. The number of rotatable bonds is 2. The molecule has 2 aromatic rings. The summed E-state index contributed by atoms with van der Waals surface area (Å²) in [6, 6.07) is 6.10. The van der Waals surface area contributed by atoms with E-state index in [2.05, 4.69) is 15.2 Å². The molecule has 1 aromatic carbocycles. The molecular formula is C9H5ClFN3S. The number of hydrogen-bond donors (Lipinski definition) is 0. The predicted octanol–water partition coefficient (Wildman–Crippen LogP) is 2.82. The SMILES string of the molecule is Fc1ccc(Sc2cnnc(Cl)n2)cc1. The first kappa shape index (κ1) is 10.3. The van der Waals surface area contributed by atoms with Crippen molar-refractivity contribution < 1.29 is 4.39 Å². The second kappa shape index (κ2) is 4.55. The maximum absolute atomic E-state index is 12.6. The molecule has 15 heavy (non-hydrogen) atoms. The summed E-state index contributed by atoms with van der Waals surface area (Å²) in [4.78, 5) is 4.82. The molecule has 0 unspecified atom stereocenters. The highest BCUT2D eigenvalue weighted by atomic mass is 35.5. The molecule has 0 fully saturated rings. The third-order valence-electron chi connectivity index (χ3n) is 1.55. The molecule has 0 spiro atoms. The third kappa shape index (κ3) is 2.87. The van der Waals surface area contributed by atoms with Gasteiger partial charge in [0.1, 0.15) is 10.8 Å². The average molecular weight is 242 g/mol. The van der Waals surface area contributed by atoms with Crippen LogP contribution in [0.5, 0.6) is 0 Å². The summed E-state index contributed by atoms with van der Waals surface area (Å²) < 4.78 is 12.6. The van der Waals surface area contributed by atoms with Gasteiger partial charge in [-0.2, -0.15) is 5.10 Å². The van der Waals surface area contributed by atoms with Crippen molar-refractivity contribution in [2.75, 3.05) is 0 Å². The Bertz CT molecular complexity index is 463. The van der Waals surface area contributed by atoms with Gasteiger partial charge >= 0.3 is 0 Å². The molecule has 0 bridgehead atoms. The maximum atomic E-state index is 12.6. The van der Waals surface area contributed by atoms with E-state index in [-0.39, 0.29) is 11.1 Å². The van der Waals surface area contributed by atoms with Gasteiger partial charge in [0.15, 0.2) is 0 Å². The largest absolute Gasteiger partial charge is 0.244 e. The van der Waals surface area contributed by atoms with E-state index in [1.807, 2.05) is 0 Å². The topological polar surface area (TPSA) is 38.7 Å². The lowest BCUT2D eigenvalue weighted by Gasteiger charge is -1.99. The number of hydrogen-bond acceptors (Lipinski definition) is 4. The molecule has 1 aromatic heterocycles. The van der Waals surface area contributed by atoms with Crippen LogP contribution < -0.4 is 0 Å². The number of halogens is 2. The fraction of sp³-hybridized carbons (Fsp3) is 0. The fourth-order valence-corrected chi connectivity index (χ4v) is 1.87. The van der Waals surface area contributed by atoms with Gasteiger partial charge < -0.3 is 0 Å². The van der Waals surface area contributed by atoms with Gasteiger partial charge in [0.05, 0.1) is 6.20 Å². The summed E-state index contributed by atoms with van der Waals surface area (Å²) in [5, 5.41) is 7.91. The Morgan fingerprint density at radius 2 is 1.93 bits per heavy atom. The van der Waals surface area contributed by atoms with Crippen molar-refractivity contribution >= 4 is 23.4 Å². The summed E-state index contributed by atoms with van der Waals surface area (Å²) in [6.45, 7) is 0. The first-order valence-corrected chi connectivity index (χ1v) is 5.22. The standard InChI is InChI=1S/C9H5ClFN3S/c10-9-13-8(5-12-14-9)15-7-3-1-6(11)2-4-7/h1-5H. The molecule has 76 valence electrons. The lowest BCUT2D eigenvalue weighted by Crippen LogP contribution is -1.88. The monoisotopic (exact) mass is 241 g/mol. The van der Waals surface area contributed by atoms with E-state index in [0.717, 1.165) is 4.90 Å². The second-order valence-electron chi connectivity index (χ2n) is 2.62. The van der Waals surface area contributed by atoms with Crippen LogP contribution in [-0.4, -0.2) is 15.2 Å². The van der Waals surface area contributed by atoms with Crippen molar-refractivity contribution in [1.82, 2.24) is 15.2 Å². The molecule has 0 radical (unpaired) electrons. The van der Waals surface area contributed by atoms with Crippen molar-refractivity contribution in [3.63, 3.8) is 0 Å². The van der Waals surface area contributed by atoms with Crippen molar-refractivity contribution in [2.24, 2.45) is 0 Å². The quantitative estimate of drug-likeness (QED) is 0.811. The van der Waals surface area contributed by atoms with Crippen LogP contribution in [0.4, 0.5) is 4.39 Å². The van der Waals surface area contributed by atoms with Gasteiger partial charge in [-0.3, -0.25) is 0 Å². The average Bonchev–Trinajstić information content (AvgIpc) is 2.22. The van der Waals surface area contributed by atoms with Gasteiger partial charge in [0, 0.05) is 4.90 Å². The van der Waals surface area contributed by atoms with E-state index >= 15 is 0 Å². The van der Waals surface area contributed by atoms with Crippen molar-refractivity contribution in [1.29, 1.82) is 0 Å². The molecule has 3 nitrogen and oxygen atoms in total. The molecule has 0 saturated carbocycles. The van der Waals surface area contributed by atoms with Crippen LogP contribution in [0.15, 0.2) is 40.4 Å². The normalized spacial score (nSPS) is 10.3. The van der Waals surface area contributed by atoms with Crippen LogP contribution in [0, 0.1) is 5.82 Å². The van der Waals surface area contributed by atoms with Crippen LogP contribution in [0.25, 0.3) is 0 Å². The van der Waals surface area contributed by atoms with Crippen LogP contribution in [0.3, 0.4) is 0 Å². The Labute approximate surface area is 94.7 Å². The first-order valence-electron chi connectivity index (χ1n) is 4.03. The van der Waals surface area contributed by atoms with E-state index < -0.39 is 0 Å². The van der Waals surface area contributed by atoms with Gasteiger partial charge in [-0.05, 0) is 35.9 Å². The van der Waals surface area contributed by atoms with Crippen LogP contribution in [0.2, 0.25) is 5.28 Å². The molecule has 2 rings (SSSR count). The molecule has 0 aliphatic carbocycles. The van der Waals surface area contributed by atoms with Gasteiger partial charge in [-0.1, -0.05) is 11.8 Å². The highest BCUT2D eigenvalue weighted by Crippen LogP contribution is 2.25. The van der Waals surface area contributed by atoms with Crippen molar-refractivity contribution in [3.8, 4) is 0 Å². The Kier molecular flexibility index (Phi) is 3.13. The van der Waals surface area contributed by atoms with Crippen LogP contribution in [-0.2, 0) is 0 Å². The molecule has 0 atom stereocenters. The van der Waals surface area contributed by atoms with Crippen molar-refractivity contribution in [3.05, 3.63) is 41.6 Å². The molecule has 0 aliphatic heterocycles. The Morgan fingerprint density at radius 1 is 1.20 bits per heavy atom. The second-order valence-corrected chi connectivity index (χ2v) is 4.05. The molecule has 0 aliphatic rings. The Morgan fingerprint density at radius 3 is 2.60 bits per heavy atom. The van der Waals surface area contributed by atoms with Gasteiger partial charge in [0.25, 0.3) is 0 Å². The fourth-order valence-electron chi connectivity index (χ4n) is 0.941. The van der Waals surface area contributed by atoms with Crippen molar-refractivity contribution in [2.45, 2.75) is 9.92 Å². The summed E-state index contributed by atoms with van der Waals surface area (Å²) >= 11 is 6.92. The van der Waals surface area contributed by atoms with E-state index in [1.165, 1.54) is 30.1 Å². The van der Waals surface area contributed by atoms with Gasteiger partial charge in [0.2, 0.25) is 5.28 Å². The molecule has 1 heterocycles. The molecular weight excluding hydrogens is 237 g/mol. The Hall–Kier alpha value is -1.20. The number of benzene rings is 1. The van der Waals surface area contributed by atoms with Crippen LogP contribution >= 0.6 is 23.4 Å². The summed E-state index contributed by atoms with van der Waals surface area (Å²) in [5.74, 6) is -0.266. The lowest BCUT2D eigenvalue weighted by molar-refractivity contribution is 0.626. The molecule has 0 amide bonds. The van der Waals surface area contributed by atoms with Gasteiger partial charge in [-0.25, -0.2) is 9.37 Å². The molecule has 0 N–H and O–H groups in total. The van der Waals surface area contributed by atoms with Crippen LogP contribution in [0.1, 0.15) is 0 Å². The van der Waals surface area contributed by atoms with E-state index in [0.29, 0.717) is 5.03 Å². The summed E-state index contributed by atoms with van der Waals surface area (Å²) in [5.41, 5.74) is 0. The van der Waals surface area contributed by atoms with E-state index in [4.69, 9.17) is 11.6 Å². The minimum absolute atomic E-state index is 0.0992. The minimum atomic E-state index is -0.266. The van der Waals surface area contributed by atoms with E-state index in [1.54, 1.807) is 12.1 Å². The number of aromatic nitrogens is 3. The third-order valence-corrected chi connectivity index (χ3v) is 2.62. The zero-order valence-electron chi connectivity index (χ0n) is 7.39. The van der Waals surface area contributed by atoms with E-state index in [9.17, 15) is 4.39 Å². The summed E-state index contributed by atoms with van der Waals surface area (Å²) in [7, 11) is 0. The predicted molar refractivity (Wildman–Crippen MR) is 55.4 cm³/mol. The minimum Gasteiger partial charge on any atom is -0.208 e. The lowest BCUT2D eigenvalue weighted by atomic mass is 10.4. The Balaban J connectivity index is 2.18. The molecule has 6 heteroatoms. The summed E-state index contributed by atoms with van der Waals surface area (Å²) in [6.07, 6.45) is 1.50. The zero-order valence-corrected chi connectivity index (χ0v) is 8.96. The smallest absolute Gasteiger partial charge is 0.208 e. The maximum Gasteiger partial charge on any atom is 0.244 e. The molecule has 0 saturated heterocycles. The van der Waals surface area contributed by atoms with Gasteiger partial charge in [-0.15, -0.1) is 5.10 Å². The first-order chi connectivity index (χ1) is 7.24.